The molecule has 0 aliphatic carbocycles. The van der Waals surface area contributed by atoms with Gasteiger partial charge in [-0.15, -0.1) is 0 Å². The second-order valence-corrected chi connectivity index (χ2v) is 7.97. The molecule has 0 spiro atoms. The summed E-state index contributed by atoms with van der Waals surface area (Å²) in [5.74, 6) is 0.589. The summed E-state index contributed by atoms with van der Waals surface area (Å²) in [7, 11) is 0. The number of nitrogens with one attached hydrogen (secondary N) is 1. The minimum absolute atomic E-state index is 0.0531. The van der Waals surface area contributed by atoms with E-state index in [-0.39, 0.29) is 11.8 Å². The molecule has 2 amide bonds. The van der Waals surface area contributed by atoms with Crippen molar-refractivity contribution in [1.29, 1.82) is 0 Å². The SMILES string of the molecule is CC(=O)N1CCc2cc(C(=O)N3CCC(c4c[nH]c5ncccc45)CC3)ccc21. The first-order valence-corrected chi connectivity index (χ1v) is 10.2. The Kier molecular flexibility index (Phi) is 4.34. The molecule has 4 heterocycles. The number of hydrogen-bond donors (Lipinski definition) is 1. The summed E-state index contributed by atoms with van der Waals surface area (Å²) < 4.78 is 0. The van der Waals surface area contributed by atoms with Crippen LogP contribution in [-0.2, 0) is 11.2 Å². The maximum absolute atomic E-state index is 13.0. The van der Waals surface area contributed by atoms with Crippen LogP contribution in [0.25, 0.3) is 11.0 Å². The number of carbonyl (C=O) groups excluding carboxylic acids is 2. The van der Waals surface area contributed by atoms with Gasteiger partial charge >= 0.3 is 0 Å². The standard InChI is InChI=1S/C23H24N4O2/c1-15(28)27-12-8-17-13-18(4-5-21(17)27)23(29)26-10-6-16(7-11-26)20-14-25-22-19(20)3-2-9-24-22/h2-5,9,13-14,16H,6-8,10-12H2,1H3,(H,24,25). The number of H-pyrrole nitrogens is 1. The van der Waals surface area contributed by atoms with Gasteiger partial charge in [-0.2, -0.15) is 0 Å². The highest BCUT2D eigenvalue weighted by Crippen LogP contribution is 2.34. The van der Waals surface area contributed by atoms with E-state index < -0.39 is 0 Å². The van der Waals surface area contributed by atoms with E-state index in [1.165, 1.54) is 10.9 Å². The molecular formula is C23H24N4O2. The second kappa shape index (κ2) is 7.03. The molecule has 1 N–H and O–H groups in total. The van der Waals surface area contributed by atoms with Gasteiger partial charge in [0, 0.05) is 55.6 Å². The molecule has 6 nitrogen and oxygen atoms in total. The van der Waals surface area contributed by atoms with E-state index in [4.69, 9.17) is 0 Å². The topological polar surface area (TPSA) is 69.3 Å². The van der Waals surface area contributed by atoms with Crippen molar-refractivity contribution in [1.82, 2.24) is 14.9 Å². The van der Waals surface area contributed by atoms with E-state index in [2.05, 4.69) is 22.2 Å². The van der Waals surface area contributed by atoms with E-state index >= 15 is 0 Å². The van der Waals surface area contributed by atoms with Gasteiger partial charge in [0.15, 0.2) is 0 Å². The third-order valence-electron chi connectivity index (χ3n) is 6.31. The van der Waals surface area contributed by atoms with Crippen molar-refractivity contribution < 1.29 is 9.59 Å². The maximum atomic E-state index is 13.0. The van der Waals surface area contributed by atoms with E-state index in [1.54, 1.807) is 18.0 Å². The predicted octanol–water partition coefficient (Wildman–Crippen LogP) is 3.49. The molecule has 0 bridgehead atoms. The largest absolute Gasteiger partial charge is 0.346 e. The van der Waals surface area contributed by atoms with Gasteiger partial charge < -0.3 is 14.8 Å². The van der Waals surface area contributed by atoms with Crippen LogP contribution in [0.1, 0.15) is 47.2 Å². The highest BCUT2D eigenvalue weighted by atomic mass is 16.2. The van der Waals surface area contributed by atoms with Crippen molar-refractivity contribution in [2.24, 2.45) is 0 Å². The van der Waals surface area contributed by atoms with Gasteiger partial charge in [0.1, 0.15) is 5.65 Å². The molecule has 2 aliphatic rings. The summed E-state index contributed by atoms with van der Waals surface area (Å²) in [6.07, 6.45) is 6.59. The van der Waals surface area contributed by atoms with Crippen LogP contribution in [0.2, 0.25) is 0 Å². The van der Waals surface area contributed by atoms with Gasteiger partial charge in [0.25, 0.3) is 5.91 Å². The Labute approximate surface area is 169 Å². The number of carbonyl (C=O) groups is 2. The number of hydrogen-bond acceptors (Lipinski definition) is 3. The molecular weight excluding hydrogens is 364 g/mol. The first-order valence-electron chi connectivity index (χ1n) is 10.2. The van der Waals surface area contributed by atoms with Crippen molar-refractivity contribution in [3.8, 4) is 0 Å². The lowest BCUT2D eigenvalue weighted by Gasteiger charge is -2.32. The molecule has 1 saturated heterocycles. The lowest BCUT2D eigenvalue weighted by molar-refractivity contribution is -0.116. The zero-order chi connectivity index (χ0) is 20.0. The number of fused-ring (bicyclic) bond motifs is 2. The molecule has 0 saturated carbocycles. The fourth-order valence-corrected chi connectivity index (χ4v) is 4.75. The van der Waals surface area contributed by atoms with Crippen molar-refractivity contribution in [2.45, 2.75) is 32.1 Å². The number of likely N-dealkylation sites (tertiary alicyclic amines) is 1. The maximum Gasteiger partial charge on any atom is 0.253 e. The van der Waals surface area contributed by atoms with Crippen LogP contribution in [0.3, 0.4) is 0 Å². The first kappa shape index (κ1) is 17.9. The quantitative estimate of drug-likeness (QED) is 0.731. The van der Waals surface area contributed by atoms with E-state index in [0.29, 0.717) is 12.5 Å². The highest BCUT2D eigenvalue weighted by Gasteiger charge is 2.28. The second-order valence-electron chi connectivity index (χ2n) is 7.97. The average molecular weight is 388 g/mol. The number of piperidine rings is 1. The third kappa shape index (κ3) is 3.09. The highest BCUT2D eigenvalue weighted by molar-refractivity contribution is 5.98. The number of nitrogens with zero attached hydrogens (tertiary/aromatic N) is 3. The van der Waals surface area contributed by atoms with Crippen molar-refractivity contribution in [2.75, 3.05) is 24.5 Å². The van der Waals surface area contributed by atoms with Crippen LogP contribution in [0, 0.1) is 0 Å². The molecule has 148 valence electrons. The Morgan fingerprint density at radius 3 is 2.76 bits per heavy atom. The molecule has 29 heavy (non-hydrogen) atoms. The molecule has 0 radical (unpaired) electrons. The zero-order valence-corrected chi connectivity index (χ0v) is 16.5. The Morgan fingerprint density at radius 1 is 1.14 bits per heavy atom. The monoisotopic (exact) mass is 388 g/mol. The molecule has 0 unspecified atom stereocenters. The van der Waals surface area contributed by atoms with Gasteiger partial charge in [0.2, 0.25) is 5.91 Å². The smallest absolute Gasteiger partial charge is 0.253 e. The zero-order valence-electron chi connectivity index (χ0n) is 16.5. The van der Waals surface area contributed by atoms with Crippen molar-refractivity contribution in [3.05, 3.63) is 59.4 Å². The lowest BCUT2D eigenvalue weighted by atomic mass is 9.89. The molecule has 6 heteroatoms. The average Bonchev–Trinajstić information content (AvgIpc) is 3.37. The summed E-state index contributed by atoms with van der Waals surface area (Å²) in [4.78, 5) is 36.2. The minimum atomic E-state index is 0.0531. The normalized spacial score (nSPS) is 17.0. The van der Waals surface area contributed by atoms with Gasteiger partial charge in [-0.05, 0) is 66.6 Å². The Morgan fingerprint density at radius 2 is 1.97 bits per heavy atom. The molecule has 1 aromatic carbocycles. The van der Waals surface area contributed by atoms with Crippen LogP contribution in [0.5, 0.6) is 0 Å². The van der Waals surface area contributed by atoms with E-state index in [1.807, 2.05) is 29.2 Å². The summed E-state index contributed by atoms with van der Waals surface area (Å²) in [5.41, 5.74) is 5.00. The lowest BCUT2D eigenvalue weighted by Crippen LogP contribution is -2.37. The molecule has 0 atom stereocenters. The molecule has 2 aromatic heterocycles. The fraction of sp³-hybridized carbons (Fsp3) is 0.348. The van der Waals surface area contributed by atoms with E-state index in [0.717, 1.165) is 54.8 Å². The van der Waals surface area contributed by atoms with Crippen LogP contribution in [-0.4, -0.2) is 46.3 Å². The Hall–Kier alpha value is -3.15. The summed E-state index contributed by atoms with van der Waals surface area (Å²) in [6, 6.07) is 9.83. The third-order valence-corrected chi connectivity index (χ3v) is 6.31. The van der Waals surface area contributed by atoms with E-state index in [9.17, 15) is 9.59 Å². The summed E-state index contributed by atoms with van der Waals surface area (Å²) in [5, 5.41) is 1.19. The molecule has 3 aromatic rings. The number of benzene rings is 1. The van der Waals surface area contributed by atoms with Gasteiger partial charge in [-0.25, -0.2) is 4.98 Å². The Balaban J connectivity index is 1.29. The van der Waals surface area contributed by atoms with Gasteiger partial charge in [0.05, 0.1) is 0 Å². The number of amides is 2. The van der Waals surface area contributed by atoms with Crippen molar-refractivity contribution in [3.63, 3.8) is 0 Å². The summed E-state index contributed by atoms with van der Waals surface area (Å²) in [6.45, 7) is 3.80. The molecule has 2 aliphatic heterocycles. The summed E-state index contributed by atoms with van der Waals surface area (Å²) >= 11 is 0. The number of aromatic amines is 1. The Bertz CT molecular complexity index is 1100. The minimum Gasteiger partial charge on any atom is -0.346 e. The van der Waals surface area contributed by atoms with Gasteiger partial charge in [-0.3, -0.25) is 9.59 Å². The molecule has 5 rings (SSSR count). The first-order chi connectivity index (χ1) is 14.1. The van der Waals surface area contributed by atoms with Crippen molar-refractivity contribution >= 4 is 28.5 Å². The van der Waals surface area contributed by atoms with Crippen LogP contribution >= 0.6 is 0 Å². The van der Waals surface area contributed by atoms with Crippen LogP contribution in [0.15, 0.2) is 42.7 Å². The van der Waals surface area contributed by atoms with Crippen LogP contribution < -0.4 is 4.90 Å². The number of aromatic nitrogens is 2. The van der Waals surface area contributed by atoms with Gasteiger partial charge in [-0.1, -0.05) is 0 Å². The predicted molar refractivity (Wildman–Crippen MR) is 112 cm³/mol. The number of pyridine rings is 1. The number of anilines is 1. The fourth-order valence-electron chi connectivity index (χ4n) is 4.75. The number of rotatable bonds is 2. The van der Waals surface area contributed by atoms with Crippen LogP contribution in [0.4, 0.5) is 5.69 Å². The molecule has 1 fully saturated rings.